The minimum absolute atomic E-state index is 0.0343. The minimum Gasteiger partial charge on any atom is -0.322 e. The molecule has 8 nitrogen and oxygen atoms in total. The first-order valence-corrected chi connectivity index (χ1v) is 9.46. The largest absolute Gasteiger partial charge is 0.322 e. The van der Waals surface area contributed by atoms with Crippen molar-refractivity contribution in [2.24, 2.45) is 0 Å². The molecule has 0 unspecified atom stereocenters. The van der Waals surface area contributed by atoms with Gasteiger partial charge in [0.1, 0.15) is 16.1 Å². The fourth-order valence-electron chi connectivity index (χ4n) is 2.88. The van der Waals surface area contributed by atoms with E-state index in [-0.39, 0.29) is 16.3 Å². The predicted molar refractivity (Wildman–Crippen MR) is 115 cm³/mol. The number of benzene rings is 3. The summed E-state index contributed by atoms with van der Waals surface area (Å²) in [5.41, 5.74) is 3.05. The first kappa shape index (κ1) is 19.8. The van der Waals surface area contributed by atoms with E-state index in [4.69, 9.17) is 23.2 Å². The van der Waals surface area contributed by atoms with Gasteiger partial charge in [0.25, 0.3) is 11.6 Å². The van der Waals surface area contributed by atoms with Crippen molar-refractivity contribution in [3.8, 4) is 5.69 Å². The monoisotopic (exact) mass is 441 g/mol. The number of halogens is 2. The Kier molecular flexibility index (Phi) is 5.11. The molecule has 1 aromatic heterocycles. The van der Waals surface area contributed by atoms with Crippen molar-refractivity contribution >= 4 is 51.5 Å². The zero-order chi connectivity index (χ0) is 21.4. The Balaban J connectivity index is 1.65. The summed E-state index contributed by atoms with van der Waals surface area (Å²) < 4.78 is 0. The van der Waals surface area contributed by atoms with E-state index in [1.165, 1.54) is 16.9 Å². The predicted octanol–water partition coefficient (Wildman–Crippen LogP) is 5.20. The van der Waals surface area contributed by atoms with Crippen LogP contribution in [0.3, 0.4) is 0 Å². The van der Waals surface area contributed by atoms with Crippen LogP contribution < -0.4 is 5.32 Å². The van der Waals surface area contributed by atoms with Crippen molar-refractivity contribution in [1.82, 2.24) is 15.0 Å². The summed E-state index contributed by atoms with van der Waals surface area (Å²) in [4.78, 5) is 24.5. The second kappa shape index (κ2) is 7.74. The Hall–Kier alpha value is -3.49. The average molecular weight is 442 g/mol. The lowest BCUT2D eigenvalue weighted by atomic mass is 10.1. The number of carbonyl (C=O) groups excluding carboxylic acids is 1. The second-order valence-corrected chi connectivity index (χ2v) is 7.34. The number of hydrogen-bond acceptors (Lipinski definition) is 5. The van der Waals surface area contributed by atoms with Crippen molar-refractivity contribution in [3.05, 3.63) is 85.9 Å². The highest BCUT2D eigenvalue weighted by Gasteiger charge is 2.17. The van der Waals surface area contributed by atoms with Gasteiger partial charge >= 0.3 is 0 Å². The van der Waals surface area contributed by atoms with Crippen LogP contribution in [0, 0.1) is 17.0 Å². The molecular formula is C20H13Cl2N5O3. The van der Waals surface area contributed by atoms with Gasteiger partial charge < -0.3 is 5.32 Å². The smallest absolute Gasteiger partial charge is 0.288 e. The van der Waals surface area contributed by atoms with Crippen LogP contribution in [0.25, 0.3) is 16.7 Å². The summed E-state index contributed by atoms with van der Waals surface area (Å²) in [7, 11) is 0. The number of anilines is 1. The van der Waals surface area contributed by atoms with E-state index in [0.29, 0.717) is 21.7 Å². The third-order valence-corrected chi connectivity index (χ3v) is 5.01. The molecule has 0 bridgehead atoms. The van der Waals surface area contributed by atoms with Gasteiger partial charge in [0.15, 0.2) is 0 Å². The highest BCUT2D eigenvalue weighted by Crippen LogP contribution is 2.27. The Labute approximate surface area is 180 Å². The summed E-state index contributed by atoms with van der Waals surface area (Å²) in [6.07, 6.45) is 0. The van der Waals surface area contributed by atoms with E-state index >= 15 is 0 Å². The number of aromatic nitrogens is 3. The maximum atomic E-state index is 12.6. The van der Waals surface area contributed by atoms with Crippen LogP contribution in [0.5, 0.6) is 0 Å². The van der Waals surface area contributed by atoms with E-state index in [9.17, 15) is 14.9 Å². The van der Waals surface area contributed by atoms with E-state index in [1.54, 1.807) is 36.4 Å². The third kappa shape index (κ3) is 3.83. The lowest BCUT2D eigenvalue weighted by molar-refractivity contribution is -0.384. The molecule has 0 saturated carbocycles. The standard InChI is InChI=1S/C20H13Cl2N5O3/c1-11-8-17-18(25-26(24-17)14-5-3-13(21)4-6-14)10-16(11)23-20(28)12-2-7-15(22)19(9-12)27(29)30/h2-10H,1H3,(H,23,28). The number of hydrogen-bond donors (Lipinski definition) is 1. The summed E-state index contributed by atoms with van der Waals surface area (Å²) >= 11 is 11.7. The van der Waals surface area contributed by atoms with Gasteiger partial charge in [-0.05, 0) is 61.0 Å². The van der Waals surface area contributed by atoms with Crippen molar-refractivity contribution in [1.29, 1.82) is 0 Å². The summed E-state index contributed by atoms with van der Waals surface area (Å²) in [5, 5.41) is 23.3. The fourth-order valence-corrected chi connectivity index (χ4v) is 3.19. The average Bonchev–Trinajstić information content (AvgIpc) is 3.11. The van der Waals surface area contributed by atoms with Gasteiger partial charge in [-0.1, -0.05) is 23.2 Å². The zero-order valence-electron chi connectivity index (χ0n) is 15.5. The van der Waals surface area contributed by atoms with Crippen molar-refractivity contribution in [2.75, 3.05) is 5.32 Å². The number of nitro groups is 1. The minimum atomic E-state index is -0.633. The topological polar surface area (TPSA) is 103 Å². The number of carbonyl (C=O) groups is 1. The van der Waals surface area contributed by atoms with Crippen molar-refractivity contribution in [3.63, 3.8) is 0 Å². The van der Waals surface area contributed by atoms with Gasteiger partial charge in [0, 0.05) is 22.3 Å². The normalized spacial score (nSPS) is 10.9. The molecule has 1 heterocycles. The van der Waals surface area contributed by atoms with Crippen LogP contribution in [-0.4, -0.2) is 25.8 Å². The van der Waals surface area contributed by atoms with Gasteiger partial charge in [0.05, 0.1) is 10.6 Å². The molecular weight excluding hydrogens is 429 g/mol. The number of nitrogens with one attached hydrogen (secondary N) is 1. The molecule has 0 aliphatic rings. The number of amides is 1. The van der Waals surface area contributed by atoms with Crippen LogP contribution in [0.2, 0.25) is 10.0 Å². The zero-order valence-corrected chi connectivity index (χ0v) is 17.0. The molecule has 0 fully saturated rings. The Morgan fingerprint density at radius 1 is 1.03 bits per heavy atom. The second-order valence-electron chi connectivity index (χ2n) is 6.50. The molecule has 1 N–H and O–H groups in total. The highest BCUT2D eigenvalue weighted by atomic mass is 35.5. The summed E-state index contributed by atoms with van der Waals surface area (Å²) in [5.74, 6) is -0.498. The van der Waals surface area contributed by atoms with Gasteiger partial charge in [-0.2, -0.15) is 4.80 Å². The number of fused-ring (bicyclic) bond motifs is 1. The van der Waals surface area contributed by atoms with E-state index in [2.05, 4.69) is 15.5 Å². The first-order chi connectivity index (χ1) is 14.3. The van der Waals surface area contributed by atoms with Crippen LogP contribution in [-0.2, 0) is 0 Å². The number of nitrogens with zero attached hydrogens (tertiary/aromatic N) is 4. The molecule has 0 radical (unpaired) electrons. The van der Waals surface area contributed by atoms with Crippen LogP contribution in [0.15, 0.2) is 54.6 Å². The molecule has 150 valence electrons. The van der Waals surface area contributed by atoms with Crippen LogP contribution in [0.4, 0.5) is 11.4 Å². The maximum Gasteiger partial charge on any atom is 0.288 e. The van der Waals surface area contributed by atoms with E-state index in [1.807, 2.05) is 6.92 Å². The van der Waals surface area contributed by atoms with Crippen molar-refractivity contribution < 1.29 is 9.72 Å². The first-order valence-electron chi connectivity index (χ1n) is 8.71. The van der Waals surface area contributed by atoms with Gasteiger partial charge in [-0.3, -0.25) is 14.9 Å². The Morgan fingerprint density at radius 3 is 2.37 bits per heavy atom. The van der Waals surface area contributed by atoms with E-state index in [0.717, 1.165) is 17.3 Å². The molecule has 30 heavy (non-hydrogen) atoms. The molecule has 0 atom stereocenters. The molecule has 0 spiro atoms. The third-order valence-electron chi connectivity index (χ3n) is 4.44. The molecule has 0 saturated heterocycles. The Bertz CT molecular complexity index is 1300. The summed E-state index contributed by atoms with van der Waals surface area (Å²) in [6.45, 7) is 1.82. The van der Waals surface area contributed by atoms with Gasteiger partial charge in [-0.15, -0.1) is 10.2 Å². The molecule has 1 amide bonds. The van der Waals surface area contributed by atoms with Crippen LogP contribution in [0.1, 0.15) is 15.9 Å². The lowest BCUT2D eigenvalue weighted by Crippen LogP contribution is -2.13. The number of nitro benzene ring substituents is 1. The molecule has 10 heteroatoms. The Morgan fingerprint density at radius 2 is 1.70 bits per heavy atom. The molecule has 3 aromatic carbocycles. The molecule has 4 aromatic rings. The van der Waals surface area contributed by atoms with Gasteiger partial charge in [0.2, 0.25) is 0 Å². The van der Waals surface area contributed by atoms with Crippen molar-refractivity contribution in [2.45, 2.75) is 6.92 Å². The van der Waals surface area contributed by atoms with Crippen LogP contribution >= 0.6 is 23.2 Å². The van der Waals surface area contributed by atoms with Gasteiger partial charge in [-0.25, -0.2) is 0 Å². The fraction of sp³-hybridized carbons (Fsp3) is 0.0500. The lowest BCUT2D eigenvalue weighted by Gasteiger charge is -2.08. The summed E-state index contributed by atoms with van der Waals surface area (Å²) in [6, 6.07) is 14.5. The molecule has 0 aliphatic carbocycles. The van der Waals surface area contributed by atoms with E-state index < -0.39 is 10.8 Å². The molecule has 0 aliphatic heterocycles. The SMILES string of the molecule is Cc1cc2nn(-c3ccc(Cl)cc3)nc2cc1NC(=O)c1ccc(Cl)c([N+](=O)[O-])c1. The quantitative estimate of drug-likeness (QED) is 0.346. The maximum absolute atomic E-state index is 12.6. The molecule has 4 rings (SSSR count). The number of rotatable bonds is 4. The number of aryl methyl sites for hydroxylation is 1. The highest BCUT2D eigenvalue weighted by molar-refractivity contribution is 6.32.